The zero-order valence-corrected chi connectivity index (χ0v) is 18.7. The normalized spacial score (nSPS) is 16.0. The Bertz CT molecular complexity index is 1260. The van der Waals surface area contributed by atoms with Crippen molar-refractivity contribution in [2.24, 2.45) is 0 Å². The number of piperidine rings is 1. The summed E-state index contributed by atoms with van der Waals surface area (Å²) in [4.78, 5) is 32.2. The van der Waals surface area contributed by atoms with Gasteiger partial charge in [0.1, 0.15) is 17.8 Å². The molecule has 166 valence electrons. The molecule has 0 unspecified atom stereocenters. The number of nitrogens with zero attached hydrogens (tertiary/aromatic N) is 5. The predicted molar refractivity (Wildman–Crippen MR) is 124 cm³/mol. The van der Waals surface area contributed by atoms with Crippen LogP contribution >= 0.6 is 11.6 Å². The van der Waals surface area contributed by atoms with Gasteiger partial charge >= 0.3 is 0 Å². The third kappa shape index (κ3) is 4.93. The second kappa shape index (κ2) is 9.50. The number of likely N-dealkylation sites (tertiary alicyclic amines) is 1. The van der Waals surface area contributed by atoms with Gasteiger partial charge in [-0.3, -0.25) is 4.79 Å². The van der Waals surface area contributed by atoms with Gasteiger partial charge in [0.2, 0.25) is 0 Å². The van der Waals surface area contributed by atoms with Crippen molar-refractivity contribution >= 4 is 17.5 Å². The molecule has 7 nitrogen and oxygen atoms in total. The molecule has 1 aliphatic heterocycles. The van der Waals surface area contributed by atoms with Gasteiger partial charge in [0.15, 0.2) is 5.89 Å². The van der Waals surface area contributed by atoms with Gasteiger partial charge in [0.05, 0.1) is 17.8 Å². The number of carbonyl (C=O) groups excluding carboxylic acids is 1. The fourth-order valence-corrected chi connectivity index (χ4v) is 4.33. The van der Waals surface area contributed by atoms with Gasteiger partial charge in [-0.05, 0) is 42.7 Å². The van der Waals surface area contributed by atoms with E-state index in [0.29, 0.717) is 41.8 Å². The molecule has 1 fully saturated rings. The highest BCUT2D eigenvalue weighted by atomic mass is 35.5. The molecule has 0 radical (unpaired) electrons. The molecular formula is C25H22ClN5O2. The van der Waals surface area contributed by atoms with Gasteiger partial charge in [-0.1, -0.05) is 29.8 Å². The molecule has 1 aromatic carbocycles. The minimum Gasteiger partial charge on any atom is -0.445 e. The Hall–Kier alpha value is -3.58. The maximum Gasteiger partial charge on any atom is 0.272 e. The summed E-state index contributed by atoms with van der Waals surface area (Å²) in [7, 11) is 0. The molecule has 3 aromatic heterocycles. The van der Waals surface area contributed by atoms with Crippen molar-refractivity contribution in [2.75, 3.05) is 13.1 Å². The van der Waals surface area contributed by atoms with Crippen molar-refractivity contribution in [3.8, 4) is 11.3 Å². The SMILES string of the molecule is O=C(c1cccc(-c2cncnc2)n1)N1CCC[C@@H](c2ncc(Cc3cccc(Cl)c3)o2)C1. The number of halogens is 1. The van der Waals surface area contributed by atoms with E-state index in [0.717, 1.165) is 29.7 Å². The van der Waals surface area contributed by atoms with Gasteiger partial charge in [-0.25, -0.2) is 19.9 Å². The molecule has 0 spiro atoms. The Kier molecular flexibility index (Phi) is 6.13. The number of aromatic nitrogens is 4. The van der Waals surface area contributed by atoms with E-state index >= 15 is 0 Å². The number of benzene rings is 1. The Morgan fingerprint density at radius 1 is 1.12 bits per heavy atom. The predicted octanol–water partition coefficient (Wildman–Crippen LogP) is 4.79. The van der Waals surface area contributed by atoms with E-state index in [-0.39, 0.29) is 11.8 Å². The van der Waals surface area contributed by atoms with Crippen LogP contribution in [0.15, 0.2) is 71.8 Å². The summed E-state index contributed by atoms with van der Waals surface area (Å²) >= 11 is 6.08. The number of hydrogen-bond donors (Lipinski definition) is 0. The first-order valence-corrected chi connectivity index (χ1v) is 11.2. The van der Waals surface area contributed by atoms with E-state index in [2.05, 4.69) is 19.9 Å². The highest BCUT2D eigenvalue weighted by Gasteiger charge is 2.29. The molecule has 1 aliphatic rings. The fraction of sp³-hybridized carbons (Fsp3) is 0.240. The van der Waals surface area contributed by atoms with Crippen LogP contribution < -0.4 is 0 Å². The zero-order valence-electron chi connectivity index (χ0n) is 17.9. The largest absolute Gasteiger partial charge is 0.445 e. The van der Waals surface area contributed by atoms with Crippen molar-refractivity contribution in [1.82, 2.24) is 24.8 Å². The van der Waals surface area contributed by atoms with E-state index < -0.39 is 0 Å². The van der Waals surface area contributed by atoms with Gasteiger partial charge in [-0.2, -0.15) is 0 Å². The summed E-state index contributed by atoms with van der Waals surface area (Å²) in [5, 5.41) is 0.700. The van der Waals surface area contributed by atoms with Crippen molar-refractivity contribution in [1.29, 1.82) is 0 Å². The van der Waals surface area contributed by atoms with Gasteiger partial charge in [0, 0.05) is 42.5 Å². The average Bonchev–Trinajstić information content (AvgIpc) is 3.33. The zero-order chi connectivity index (χ0) is 22.6. The Labute approximate surface area is 196 Å². The quantitative estimate of drug-likeness (QED) is 0.426. The Balaban J connectivity index is 1.28. The van der Waals surface area contributed by atoms with Gasteiger partial charge < -0.3 is 9.32 Å². The number of amides is 1. The lowest BCUT2D eigenvalue weighted by atomic mass is 9.97. The first-order chi connectivity index (χ1) is 16.2. The summed E-state index contributed by atoms with van der Waals surface area (Å²) in [6.07, 6.45) is 9.04. The first kappa shape index (κ1) is 21.3. The molecule has 1 saturated heterocycles. The standard InChI is InChI=1S/C25H22ClN5O2/c26-20-6-1-4-17(10-20)11-21-14-29-24(33-21)18-5-3-9-31(15-18)25(32)23-8-2-7-22(30-23)19-12-27-16-28-13-19/h1-2,4,6-8,10,12-14,16,18H,3,5,9,11,15H2/t18-/m1/s1. The fourth-order valence-electron chi connectivity index (χ4n) is 4.11. The van der Waals surface area contributed by atoms with Crippen molar-refractivity contribution in [2.45, 2.75) is 25.2 Å². The number of hydrogen-bond acceptors (Lipinski definition) is 6. The molecule has 33 heavy (non-hydrogen) atoms. The van der Waals surface area contributed by atoms with E-state index in [1.807, 2.05) is 41.3 Å². The van der Waals surface area contributed by atoms with E-state index in [4.69, 9.17) is 16.0 Å². The molecule has 1 atom stereocenters. The van der Waals surface area contributed by atoms with Crippen molar-refractivity contribution in [3.63, 3.8) is 0 Å². The molecule has 0 aliphatic carbocycles. The molecule has 0 saturated carbocycles. The maximum absolute atomic E-state index is 13.2. The topological polar surface area (TPSA) is 85.0 Å². The molecule has 5 rings (SSSR count). The number of rotatable bonds is 5. The van der Waals surface area contributed by atoms with Crippen molar-refractivity contribution < 1.29 is 9.21 Å². The van der Waals surface area contributed by atoms with Crippen LogP contribution in [0, 0.1) is 0 Å². The monoisotopic (exact) mass is 459 g/mol. The molecule has 4 aromatic rings. The number of carbonyl (C=O) groups is 1. The smallest absolute Gasteiger partial charge is 0.272 e. The van der Waals surface area contributed by atoms with E-state index in [9.17, 15) is 4.79 Å². The summed E-state index contributed by atoms with van der Waals surface area (Å²) in [6, 6.07) is 13.1. The maximum atomic E-state index is 13.2. The summed E-state index contributed by atoms with van der Waals surface area (Å²) in [5.74, 6) is 1.42. The summed E-state index contributed by atoms with van der Waals surface area (Å²) < 4.78 is 6.06. The van der Waals surface area contributed by atoms with Crippen LogP contribution in [0.5, 0.6) is 0 Å². The Morgan fingerprint density at radius 3 is 2.82 bits per heavy atom. The third-order valence-corrected chi connectivity index (χ3v) is 5.96. The highest BCUT2D eigenvalue weighted by Crippen LogP contribution is 2.28. The first-order valence-electron chi connectivity index (χ1n) is 10.9. The van der Waals surface area contributed by atoms with Crippen LogP contribution in [0.2, 0.25) is 5.02 Å². The number of oxazole rings is 1. The average molecular weight is 460 g/mol. The lowest BCUT2D eigenvalue weighted by molar-refractivity contribution is 0.0692. The number of pyridine rings is 1. The van der Waals surface area contributed by atoms with Crippen LogP contribution in [-0.2, 0) is 6.42 Å². The van der Waals surface area contributed by atoms with E-state index in [1.165, 1.54) is 6.33 Å². The van der Waals surface area contributed by atoms with Crippen LogP contribution in [0.1, 0.15) is 46.5 Å². The lowest BCUT2D eigenvalue weighted by Gasteiger charge is -2.31. The summed E-state index contributed by atoms with van der Waals surface area (Å²) in [6.45, 7) is 1.24. The second-order valence-corrected chi connectivity index (χ2v) is 8.53. The molecule has 8 heteroatoms. The Morgan fingerprint density at radius 2 is 1.97 bits per heavy atom. The van der Waals surface area contributed by atoms with Crippen LogP contribution in [0.3, 0.4) is 0 Å². The van der Waals surface area contributed by atoms with Crippen LogP contribution in [0.25, 0.3) is 11.3 Å². The summed E-state index contributed by atoms with van der Waals surface area (Å²) in [5.41, 5.74) is 2.93. The van der Waals surface area contributed by atoms with E-state index in [1.54, 1.807) is 24.7 Å². The highest BCUT2D eigenvalue weighted by molar-refractivity contribution is 6.30. The second-order valence-electron chi connectivity index (χ2n) is 8.10. The molecule has 0 bridgehead atoms. The van der Waals surface area contributed by atoms with Gasteiger partial charge in [0.25, 0.3) is 5.91 Å². The molecule has 4 heterocycles. The van der Waals surface area contributed by atoms with Crippen molar-refractivity contribution in [3.05, 3.63) is 95.3 Å². The minimum atomic E-state index is -0.0934. The molecule has 0 N–H and O–H groups in total. The molecular weight excluding hydrogens is 438 g/mol. The van der Waals surface area contributed by atoms with Gasteiger partial charge in [-0.15, -0.1) is 0 Å². The molecule has 1 amide bonds. The third-order valence-electron chi connectivity index (χ3n) is 5.72. The van der Waals surface area contributed by atoms with Crippen LogP contribution in [-0.4, -0.2) is 43.8 Å². The minimum absolute atomic E-state index is 0.0570. The van der Waals surface area contributed by atoms with Crippen LogP contribution in [0.4, 0.5) is 0 Å². The lowest BCUT2D eigenvalue weighted by Crippen LogP contribution is -2.39.